The maximum Gasteiger partial charge on any atom is 0.222 e. The molecule has 0 saturated carbocycles. The van der Waals surface area contributed by atoms with E-state index in [9.17, 15) is 4.79 Å². The van der Waals surface area contributed by atoms with Crippen LogP contribution in [-0.4, -0.2) is 18.3 Å². The van der Waals surface area contributed by atoms with E-state index < -0.39 is 0 Å². The highest BCUT2D eigenvalue weighted by Crippen LogP contribution is 2.21. The Kier molecular flexibility index (Phi) is 7.82. The highest BCUT2D eigenvalue weighted by Gasteiger charge is 2.19. The van der Waals surface area contributed by atoms with E-state index in [-0.39, 0.29) is 17.2 Å². The lowest BCUT2D eigenvalue weighted by atomic mass is 9.88. The summed E-state index contributed by atoms with van der Waals surface area (Å²) < 4.78 is 0. The van der Waals surface area contributed by atoms with E-state index in [4.69, 9.17) is 11.6 Å². The third-order valence-corrected chi connectivity index (χ3v) is 3.16. The Morgan fingerprint density at radius 1 is 1.44 bits per heavy atom. The second-order valence-corrected chi connectivity index (χ2v) is 5.74. The standard InChI is InChI=1S/C13H26ClNO/c1-5-7-11(2)12(16)15-10-13(3,4)8-6-9-14/h11H,5-10H2,1-4H3,(H,15,16). The normalized spacial score (nSPS) is 13.6. The summed E-state index contributed by atoms with van der Waals surface area (Å²) in [6.45, 7) is 9.18. The third kappa shape index (κ3) is 7.10. The number of alkyl halides is 1. The number of hydrogen-bond acceptors (Lipinski definition) is 1. The maximum atomic E-state index is 11.7. The van der Waals surface area contributed by atoms with Crippen molar-refractivity contribution >= 4 is 17.5 Å². The molecule has 16 heavy (non-hydrogen) atoms. The fraction of sp³-hybridized carbons (Fsp3) is 0.923. The van der Waals surface area contributed by atoms with Crippen LogP contribution in [0.5, 0.6) is 0 Å². The van der Waals surface area contributed by atoms with Crippen molar-refractivity contribution in [1.29, 1.82) is 0 Å². The molecule has 0 spiro atoms. The van der Waals surface area contributed by atoms with Crippen molar-refractivity contribution < 1.29 is 4.79 Å². The molecular formula is C13H26ClNO. The summed E-state index contributed by atoms with van der Waals surface area (Å²) in [6, 6.07) is 0. The van der Waals surface area contributed by atoms with Gasteiger partial charge in [0.15, 0.2) is 0 Å². The van der Waals surface area contributed by atoms with Crippen LogP contribution in [0.4, 0.5) is 0 Å². The zero-order chi connectivity index (χ0) is 12.6. The van der Waals surface area contributed by atoms with Gasteiger partial charge >= 0.3 is 0 Å². The highest BCUT2D eigenvalue weighted by molar-refractivity contribution is 6.17. The van der Waals surface area contributed by atoms with E-state index in [0.717, 1.165) is 32.2 Å². The quantitative estimate of drug-likeness (QED) is 0.653. The van der Waals surface area contributed by atoms with Gasteiger partial charge in [0.05, 0.1) is 0 Å². The van der Waals surface area contributed by atoms with Crippen LogP contribution in [0.15, 0.2) is 0 Å². The first-order valence-corrected chi connectivity index (χ1v) is 6.80. The van der Waals surface area contributed by atoms with Crippen LogP contribution in [0.2, 0.25) is 0 Å². The van der Waals surface area contributed by atoms with Gasteiger partial charge in [-0.3, -0.25) is 4.79 Å². The molecule has 0 bridgehead atoms. The average Bonchev–Trinajstić information content (AvgIpc) is 2.23. The first-order valence-electron chi connectivity index (χ1n) is 6.26. The minimum atomic E-state index is 0.133. The topological polar surface area (TPSA) is 29.1 Å². The Morgan fingerprint density at radius 2 is 2.06 bits per heavy atom. The minimum absolute atomic E-state index is 0.133. The number of carbonyl (C=O) groups excluding carboxylic acids is 1. The largest absolute Gasteiger partial charge is 0.355 e. The maximum absolute atomic E-state index is 11.7. The molecule has 0 aromatic carbocycles. The molecule has 1 amide bonds. The summed E-state index contributed by atoms with van der Waals surface area (Å²) >= 11 is 5.67. The summed E-state index contributed by atoms with van der Waals surface area (Å²) in [5, 5.41) is 3.03. The van der Waals surface area contributed by atoms with Gasteiger partial charge < -0.3 is 5.32 Å². The Bertz CT molecular complexity index is 204. The van der Waals surface area contributed by atoms with E-state index >= 15 is 0 Å². The van der Waals surface area contributed by atoms with Crippen molar-refractivity contribution in [2.45, 2.75) is 53.4 Å². The zero-order valence-corrected chi connectivity index (χ0v) is 11.9. The van der Waals surface area contributed by atoms with Crippen LogP contribution in [0.25, 0.3) is 0 Å². The van der Waals surface area contributed by atoms with Gasteiger partial charge in [-0.15, -0.1) is 11.6 Å². The molecule has 0 aromatic rings. The lowest BCUT2D eigenvalue weighted by molar-refractivity contribution is -0.125. The van der Waals surface area contributed by atoms with Crippen molar-refractivity contribution in [2.75, 3.05) is 12.4 Å². The lowest BCUT2D eigenvalue weighted by Gasteiger charge is -2.25. The summed E-state index contributed by atoms with van der Waals surface area (Å²) in [4.78, 5) is 11.7. The van der Waals surface area contributed by atoms with Crippen molar-refractivity contribution in [3.8, 4) is 0 Å². The molecular weight excluding hydrogens is 222 g/mol. The van der Waals surface area contributed by atoms with Crippen molar-refractivity contribution in [3.63, 3.8) is 0 Å². The van der Waals surface area contributed by atoms with Gasteiger partial charge in [0.2, 0.25) is 5.91 Å². The first-order chi connectivity index (χ1) is 7.43. The molecule has 0 saturated heterocycles. The molecule has 0 radical (unpaired) electrons. The second-order valence-electron chi connectivity index (χ2n) is 5.36. The van der Waals surface area contributed by atoms with Crippen LogP contribution < -0.4 is 5.32 Å². The Balaban J connectivity index is 3.89. The average molecular weight is 248 g/mol. The highest BCUT2D eigenvalue weighted by atomic mass is 35.5. The van der Waals surface area contributed by atoms with E-state index in [1.54, 1.807) is 0 Å². The van der Waals surface area contributed by atoms with Crippen LogP contribution in [0.1, 0.15) is 53.4 Å². The molecule has 1 atom stereocenters. The van der Waals surface area contributed by atoms with E-state index in [1.165, 1.54) is 0 Å². The molecule has 3 heteroatoms. The van der Waals surface area contributed by atoms with Gasteiger partial charge in [-0.05, 0) is 24.7 Å². The number of halogens is 1. The van der Waals surface area contributed by atoms with E-state index in [2.05, 4.69) is 26.1 Å². The van der Waals surface area contributed by atoms with Crippen molar-refractivity contribution in [3.05, 3.63) is 0 Å². The van der Waals surface area contributed by atoms with Gasteiger partial charge in [0.25, 0.3) is 0 Å². The van der Waals surface area contributed by atoms with Gasteiger partial charge in [0, 0.05) is 18.3 Å². The first kappa shape index (κ1) is 15.8. The molecule has 0 aliphatic rings. The second kappa shape index (κ2) is 7.94. The molecule has 0 aliphatic carbocycles. The van der Waals surface area contributed by atoms with Crippen LogP contribution in [-0.2, 0) is 4.79 Å². The molecule has 1 N–H and O–H groups in total. The number of amides is 1. The van der Waals surface area contributed by atoms with Crippen LogP contribution in [0.3, 0.4) is 0 Å². The number of rotatable bonds is 8. The molecule has 2 nitrogen and oxygen atoms in total. The van der Waals surface area contributed by atoms with E-state index in [0.29, 0.717) is 5.88 Å². The zero-order valence-electron chi connectivity index (χ0n) is 11.1. The fourth-order valence-corrected chi connectivity index (χ4v) is 1.83. The summed E-state index contributed by atoms with van der Waals surface area (Å²) in [6.07, 6.45) is 4.09. The summed E-state index contributed by atoms with van der Waals surface area (Å²) in [5.74, 6) is 1.01. The van der Waals surface area contributed by atoms with Crippen molar-refractivity contribution in [1.82, 2.24) is 5.32 Å². The summed E-state index contributed by atoms with van der Waals surface area (Å²) in [7, 11) is 0. The number of carbonyl (C=O) groups is 1. The molecule has 1 unspecified atom stereocenters. The Labute approximate surface area is 105 Å². The minimum Gasteiger partial charge on any atom is -0.355 e. The number of hydrogen-bond donors (Lipinski definition) is 1. The third-order valence-electron chi connectivity index (χ3n) is 2.90. The Hall–Kier alpha value is -0.240. The monoisotopic (exact) mass is 247 g/mol. The molecule has 0 rings (SSSR count). The van der Waals surface area contributed by atoms with Crippen molar-refractivity contribution in [2.24, 2.45) is 11.3 Å². The van der Waals surface area contributed by atoms with Crippen LogP contribution >= 0.6 is 11.6 Å². The van der Waals surface area contributed by atoms with E-state index in [1.807, 2.05) is 6.92 Å². The predicted octanol–water partition coefficient (Wildman–Crippen LogP) is 3.58. The fourth-order valence-electron chi connectivity index (χ4n) is 1.70. The van der Waals surface area contributed by atoms with Gasteiger partial charge in [-0.2, -0.15) is 0 Å². The lowest BCUT2D eigenvalue weighted by Crippen LogP contribution is -2.37. The molecule has 0 aromatic heterocycles. The summed E-state index contributed by atoms with van der Waals surface area (Å²) in [5.41, 5.74) is 0.149. The Morgan fingerprint density at radius 3 is 2.56 bits per heavy atom. The molecule has 96 valence electrons. The van der Waals surface area contributed by atoms with Gasteiger partial charge in [0.1, 0.15) is 0 Å². The SMILES string of the molecule is CCCC(C)C(=O)NCC(C)(C)CCCCl. The molecule has 0 heterocycles. The molecule has 0 aliphatic heterocycles. The predicted molar refractivity (Wildman–Crippen MR) is 70.8 cm³/mol. The van der Waals surface area contributed by atoms with Gasteiger partial charge in [-0.1, -0.05) is 34.1 Å². The number of nitrogens with one attached hydrogen (secondary N) is 1. The smallest absolute Gasteiger partial charge is 0.222 e. The molecule has 0 fully saturated rings. The van der Waals surface area contributed by atoms with Crippen LogP contribution in [0, 0.1) is 11.3 Å². The van der Waals surface area contributed by atoms with Gasteiger partial charge in [-0.25, -0.2) is 0 Å².